The van der Waals surface area contributed by atoms with Gasteiger partial charge in [-0.05, 0) is 24.3 Å². The van der Waals surface area contributed by atoms with Crippen LogP contribution in [0.3, 0.4) is 0 Å². The predicted molar refractivity (Wildman–Crippen MR) is 107 cm³/mol. The molecule has 0 atom stereocenters. The zero-order valence-electron chi connectivity index (χ0n) is 15.7. The summed E-state index contributed by atoms with van der Waals surface area (Å²) in [5.41, 5.74) is -1.02. The van der Waals surface area contributed by atoms with E-state index in [1.165, 1.54) is 30.9 Å². The minimum atomic E-state index is -0.742. The van der Waals surface area contributed by atoms with Crippen molar-refractivity contribution in [2.75, 3.05) is 19.0 Å². The summed E-state index contributed by atoms with van der Waals surface area (Å²) in [5.74, 6) is -0.380. The molecule has 0 radical (unpaired) electrons. The van der Waals surface area contributed by atoms with Crippen LogP contribution in [0.5, 0.6) is 5.75 Å². The van der Waals surface area contributed by atoms with Crippen LogP contribution in [0.2, 0.25) is 0 Å². The number of nitro groups is 1. The van der Waals surface area contributed by atoms with E-state index in [9.17, 15) is 24.5 Å². The van der Waals surface area contributed by atoms with Gasteiger partial charge in [-0.3, -0.25) is 24.3 Å². The Morgan fingerprint density at radius 2 is 1.93 bits per heavy atom. The molecule has 1 N–H and O–H groups in total. The first-order valence-electron chi connectivity index (χ1n) is 8.65. The van der Waals surface area contributed by atoms with Gasteiger partial charge in [0.1, 0.15) is 11.4 Å². The molecule has 0 saturated heterocycles. The maximum atomic E-state index is 12.6. The number of methoxy groups -OCH3 is 1. The number of carbonyl (C=O) groups excluding carboxylic acids is 1. The van der Waals surface area contributed by atoms with Crippen molar-refractivity contribution in [2.24, 2.45) is 7.05 Å². The van der Waals surface area contributed by atoms with Crippen molar-refractivity contribution in [2.45, 2.75) is 6.42 Å². The van der Waals surface area contributed by atoms with Crippen molar-refractivity contribution in [3.05, 3.63) is 73.4 Å². The largest absolute Gasteiger partial charge is 0.496 e. The normalized spacial score (nSPS) is 10.7. The Kier molecular flexibility index (Phi) is 5.44. The zero-order chi connectivity index (χ0) is 21.1. The summed E-state index contributed by atoms with van der Waals surface area (Å²) in [6, 6.07) is 10.8. The topological polar surface area (TPSA) is 125 Å². The lowest BCUT2D eigenvalue weighted by atomic mass is 10.2. The summed E-state index contributed by atoms with van der Waals surface area (Å²) in [5, 5.41) is 14.3. The van der Waals surface area contributed by atoms with E-state index in [1.807, 2.05) is 0 Å². The highest BCUT2D eigenvalue weighted by Crippen LogP contribution is 2.28. The van der Waals surface area contributed by atoms with Crippen LogP contribution in [-0.2, 0) is 7.05 Å². The quantitative estimate of drug-likeness (QED) is 0.495. The molecule has 0 fully saturated rings. The van der Waals surface area contributed by atoms with Crippen LogP contribution in [0, 0.1) is 10.1 Å². The van der Waals surface area contributed by atoms with Crippen LogP contribution in [0.25, 0.3) is 10.9 Å². The van der Waals surface area contributed by atoms with Crippen LogP contribution >= 0.6 is 0 Å². The van der Waals surface area contributed by atoms with Crippen LogP contribution in [0.4, 0.5) is 11.4 Å². The summed E-state index contributed by atoms with van der Waals surface area (Å²) in [7, 11) is 2.87. The first-order chi connectivity index (χ1) is 13.8. The molecule has 1 aromatic heterocycles. The maximum absolute atomic E-state index is 12.6. The first kappa shape index (κ1) is 19.8. The Labute approximate surface area is 164 Å². The monoisotopic (exact) mass is 398 g/mol. The Bertz CT molecular complexity index is 1230. The highest BCUT2D eigenvalue weighted by Gasteiger charge is 2.18. The lowest BCUT2D eigenvalue weighted by Crippen LogP contribution is -2.43. The molecular formula is C19H18N4O6. The second-order valence-corrected chi connectivity index (χ2v) is 6.21. The van der Waals surface area contributed by atoms with Crippen molar-refractivity contribution < 1.29 is 14.5 Å². The van der Waals surface area contributed by atoms with Gasteiger partial charge in [0, 0.05) is 20.0 Å². The predicted octanol–water partition coefficient (Wildman–Crippen LogP) is 1.76. The van der Waals surface area contributed by atoms with Crippen molar-refractivity contribution in [3.63, 3.8) is 0 Å². The highest BCUT2D eigenvalue weighted by atomic mass is 16.6. The zero-order valence-corrected chi connectivity index (χ0v) is 15.7. The Morgan fingerprint density at radius 1 is 1.21 bits per heavy atom. The van der Waals surface area contributed by atoms with E-state index in [1.54, 1.807) is 30.3 Å². The number of rotatable bonds is 6. The summed E-state index contributed by atoms with van der Waals surface area (Å²) < 4.78 is 6.79. The smallest absolute Gasteiger partial charge is 0.338 e. The van der Waals surface area contributed by atoms with E-state index >= 15 is 0 Å². The molecular weight excluding hydrogens is 380 g/mol. The number of nitro benzene ring substituents is 1. The van der Waals surface area contributed by atoms with Crippen LogP contribution in [0.1, 0.15) is 11.2 Å². The molecule has 10 nitrogen and oxygen atoms in total. The van der Waals surface area contributed by atoms with Gasteiger partial charge in [0.05, 0.1) is 29.0 Å². The van der Waals surface area contributed by atoms with Gasteiger partial charge in [0.15, 0.2) is 0 Å². The molecule has 0 saturated carbocycles. The molecule has 0 spiro atoms. The number of carbonyl (C=O) groups is 1. The standard InChI is InChI=1S/C19H18N4O6/c1-21-15-6-4-3-5-13(15)18(25)22(19(21)26)17(24)9-10-20-14-8-7-12(29-2)11-16(14)23(27)28/h3-8,11,20H,9-10H2,1-2H3. The molecule has 10 heteroatoms. The minimum absolute atomic E-state index is 0.00553. The molecule has 2 aromatic carbocycles. The van der Waals surface area contributed by atoms with Crippen LogP contribution in [-0.4, -0.2) is 33.6 Å². The Morgan fingerprint density at radius 3 is 2.62 bits per heavy atom. The number of ether oxygens (including phenoxy) is 1. The number of aromatic nitrogens is 2. The highest BCUT2D eigenvalue weighted by molar-refractivity contribution is 5.84. The van der Waals surface area contributed by atoms with Crippen LogP contribution in [0.15, 0.2) is 52.1 Å². The maximum Gasteiger partial charge on any atom is 0.338 e. The van der Waals surface area contributed by atoms with E-state index in [-0.39, 0.29) is 29.7 Å². The van der Waals surface area contributed by atoms with E-state index in [2.05, 4.69) is 5.32 Å². The number of hydrogen-bond donors (Lipinski definition) is 1. The fourth-order valence-corrected chi connectivity index (χ4v) is 2.98. The minimum Gasteiger partial charge on any atom is -0.496 e. The van der Waals surface area contributed by atoms with Gasteiger partial charge in [-0.25, -0.2) is 4.79 Å². The third-order valence-electron chi connectivity index (χ3n) is 4.48. The molecule has 0 aliphatic heterocycles. The van der Waals surface area contributed by atoms with E-state index < -0.39 is 22.1 Å². The molecule has 3 rings (SSSR count). The van der Waals surface area contributed by atoms with E-state index in [0.717, 1.165) is 0 Å². The molecule has 0 bridgehead atoms. The molecule has 0 aliphatic carbocycles. The number of benzene rings is 2. The lowest BCUT2D eigenvalue weighted by molar-refractivity contribution is -0.384. The molecule has 1 heterocycles. The molecule has 3 aromatic rings. The van der Waals surface area contributed by atoms with Crippen molar-refractivity contribution in [1.29, 1.82) is 0 Å². The van der Waals surface area contributed by atoms with Crippen molar-refractivity contribution in [1.82, 2.24) is 9.13 Å². The number of para-hydroxylation sites is 1. The van der Waals surface area contributed by atoms with E-state index in [4.69, 9.17) is 4.74 Å². The van der Waals surface area contributed by atoms with Gasteiger partial charge in [-0.15, -0.1) is 0 Å². The van der Waals surface area contributed by atoms with Gasteiger partial charge in [-0.1, -0.05) is 12.1 Å². The number of nitrogens with zero attached hydrogens (tertiary/aromatic N) is 3. The summed E-state index contributed by atoms with van der Waals surface area (Å²) in [6.45, 7) is -0.00553. The van der Waals surface area contributed by atoms with Crippen molar-refractivity contribution in [3.8, 4) is 5.75 Å². The third kappa shape index (κ3) is 3.72. The number of hydrogen-bond acceptors (Lipinski definition) is 7. The molecule has 0 unspecified atom stereocenters. The first-order valence-corrected chi connectivity index (χ1v) is 8.65. The molecule has 150 valence electrons. The number of anilines is 1. The van der Waals surface area contributed by atoms with Crippen molar-refractivity contribution >= 4 is 28.2 Å². The lowest BCUT2D eigenvalue weighted by Gasteiger charge is -2.11. The average molecular weight is 398 g/mol. The van der Waals surface area contributed by atoms with Gasteiger partial charge in [-0.2, -0.15) is 4.57 Å². The number of aryl methyl sites for hydroxylation is 1. The van der Waals surface area contributed by atoms with Gasteiger partial charge in [0.25, 0.3) is 11.2 Å². The van der Waals surface area contributed by atoms with E-state index in [0.29, 0.717) is 15.8 Å². The summed E-state index contributed by atoms with van der Waals surface area (Å²) in [4.78, 5) is 48.3. The Balaban J connectivity index is 1.84. The molecule has 0 aliphatic rings. The SMILES string of the molecule is COc1ccc(NCCC(=O)n2c(=O)c3ccccc3n(C)c2=O)c([N+](=O)[O-])c1. The number of nitrogens with one attached hydrogen (secondary N) is 1. The fraction of sp³-hybridized carbons (Fsp3) is 0.211. The second-order valence-electron chi connectivity index (χ2n) is 6.21. The average Bonchev–Trinajstić information content (AvgIpc) is 2.72. The van der Waals surface area contributed by atoms with Crippen LogP contribution < -0.4 is 21.3 Å². The van der Waals surface area contributed by atoms with Gasteiger partial charge < -0.3 is 10.1 Å². The Hall–Kier alpha value is -3.95. The third-order valence-corrected chi connectivity index (χ3v) is 4.48. The van der Waals surface area contributed by atoms with Gasteiger partial charge in [0.2, 0.25) is 5.91 Å². The van der Waals surface area contributed by atoms with Gasteiger partial charge >= 0.3 is 5.69 Å². The molecule has 0 amide bonds. The molecule has 29 heavy (non-hydrogen) atoms. The fourth-order valence-electron chi connectivity index (χ4n) is 2.98. The summed E-state index contributed by atoms with van der Waals surface area (Å²) >= 11 is 0. The number of fused-ring (bicyclic) bond motifs is 1. The second kappa shape index (κ2) is 7.97. The summed E-state index contributed by atoms with van der Waals surface area (Å²) in [6.07, 6.45) is -0.212.